The van der Waals surface area contributed by atoms with Gasteiger partial charge in [0.1, 0.15) is 5.82 Å². The molecular weight excluding hydrogens is 285 g/mol. The molecule has 0 saturated carbocycles. The van der Waals surface area contributed by atoms with E-state index in [4.69, 9.17) is 16.7 Å². The molecule has 1 N–H and O–H groups in total. The van der Waals surface area contributed by atoms with E-state index in [-0.39, 0.29) is 17.3 Å². The van der Waals surface area contributed by atoms with Crippen LogP contribution in [-0.2, 0) is 13.0 Å². The third kappa shape index (κ3) is 2.96. The van der Waals surface area contributed by atoms with Gasteiger partial charge in [-0.3, -0.25) is 0 Å². The first-order valence-electron chi connectivity index (χ1n) is 6.12. The van der Waals surface area contributed by atoms with Crippen LogP contribution in [0.2, 0.25) is 5.02 Å². The van der Waals surface area contributed by atoms with Crippen LogP contribution in [0.4, 0.5) is 4.39 Å². The normalized spacial score (nSPS) is 10.8. The third-order valence-electron chi connectivity index (χ3n) is 2.86. The Bertz CT molecular complexity index is 643. The number of hydrogen-bond acceptors (Lipinski definition) is 3. The van der Waals surface area contributed by atoms with Crippen molar-refractivity contribution in [3.8, 4) is 0 Å². The van der Waals surface area contributed by atoms with E-state index in [1.54, 1.807) is 6.07 Å². The number of aromatic carboxylic acids is 1. The van der Waals surface area contributed by atoms with Gasteiger partial charge in [0.05, 0.1) is 12.2 Å². The number of carboxylic acids is 1. The van der Waals surface area contributed by atoms with Crippen molar-refractivity contribution in [1.29, 1.82) is 0 Å². The SMILES string of the molecule is CCCc1c(C(=O)O)nnn1Cc1ccc(F)cc1Cl. The maximum atomic E-state index is 13.0. The Labute approximate surface area is 120 Å². The first kappa shape index (κ1) is 14.5. The van der Waals surface area contributed by atoms with Crippen LogP contribution in [-0.4, -0.2) is 26.1 Å². The first-order valence-corrected chi connectivity index (χ1v) is 6.50. The highest BCUT2D eigenvalue weighted by Crippen LogP contribution is 2.19. The van der Waals surface area contributed by atoms with Crippen molar-refractivity contribution in [3.05, 3.63) is 46.0 Å². The minimum atomic E-state index is -1.11. The fourth-order valence-corrected chi connectivity index (χ4v) is 2.15. The molecule has 2 rings (SSSR count). The second kappa shape index (κ2) is 6.00. The molecule has 0 saturated heterocycles. The molecule has 0 fully saturated rings. The van der Waals surface area contributed by atoms with Crippen LogP contribution >= 0.6 is 11.6 Å². The number of hydrogen-bond donors (Lipinski definition) is 1. The monoisotopic (exact) mass is 297 g/mol. The van der Waals surface area contributed by atoms with Crippen molar-refractivity contribution in [1.82, 2.24) is 15.0 Å². The predicted octanol–water partition coefficient (Wildman–Crippen LogP) is 2.77. The van der Waals surface area contributed by atoms with Gasteiger partial charge in [-0.1, -0.05) is 36.2 Å². The summed E-state index contributed by atoms with van der Waals surface area (Å²) in [6.07, 6.45) is 1.32. The fraction of sp³-hybridized carbons (Fsp3) is 0.308. The maximum absolute atomic E-state index is 13.0. The summed E-state index contributed by atoms with van der Waals surface area (Å²) in [5.74, 6) is -1.53. The number of carbonyl (C=O) groups is 1. The van der Waals surface area contributed by atoms with E-state index >= 15 is 0 Å². The highest BCUT2D eigenvalue weighted by Gasteiger charge is 2.18. The molecule has 1 heterocycles. The number of halogens is 2. The molecule has 0 aliphatic carbocycles. The second-order valence-corrected chi connectivity index (χ2v) is 4.74. The van der Waals surface area contributed by atoms with E-state index in [1.165, 1.54) is 16.8 Å². The van der Waals surface area contributed by atoms with Gasteiger partial charge in [0, 0.05) is 5.02 Å². The van der Waals surface area contributed by atoms with Crippen LogP contribution < -0.4 is 0 Å². The largest absolute Gasteiger partial charge is 0.476 e. The van der Waals surface area contributed by atoms with Gasteiger partial charge in [-0.05, 0) is 24.1 Å². The number of carboxylic acid groups (broad SMARTS) is 1. The standard InChI is InChI=1S/C13H13ClFN3O2/c1-2-3-11-12(13(19)20)16-17-18(11)7-8-4-5-9(15)6-10(8)14/h4-6H,2-3,7H2,1H3,(H,19,20). The third-order valence-corrected chi connectivity index (χ3v) is 3.21. The second-order valence-electron chi connectivity index (χ2n) is 4.33. The van der Waals surface area contributed by atoms with Gasteiger partial charge < -0.3 is 5.11 Å². The highest BCUT2D eigenvalue weighted by atomic mass is 35.5. The summed E-state index contributed by atoms with van der Waals surface area (Å²) in [5, 5.41) is 16.9. The van der Waals surface area contributed by atoms with Crippen LogP contribution in [0, 0.1) is 5.82 Å². The Hall–Kier alpha value is -1.95. The Morgan fingerprint density at radius 2 is 2.25 bits per heavy atom. The van der Waals surface area contributed by atoms with E-state index in [0.717, 1.165) is 6.42 Å². The molecule has 1 aromatic carbocycles. The maximum Gasteiger partial charge on any atom is 0.358 e. The summed E-state index contributed by atoms with van der Waals surface area (Å²) in [7, 11) is 0. The molecule has 0 spiro atoms. The molecule has 5 nitrogen and oxygen atoms in total. The quantitative estimate of drug-likeness (QED) is 0.921. The lowest BCUT2D eigenvalue weighted by molar-refractivity contribution is 0.0689. The highest BCUT2D eigenvalue weighted by molar-refractivity contribution is 6.31. The molecule has 0 radical (unpaired) electrons. The van der Waals surface area contributed by atoms with E-state index in [1.807, 2.05) is 6.92 Å². The smallest absolute Gasteiger partial charge is 0.358 e. The molecule has 7 heteroatoms. The van der Waals surface area contributed by atoms with E-state index in [9.17, 15) is 9.18 Å². The Morgan fingerprint density at radius 3 is 2.85 bits per heavy atom. The summed E-state index contributed by atoms with van der Waals surface area (Å²) in [4.78, 5) is 11.1. The molecular formula is C13H13ClFN3O2. The summed E-state index contributed by atoms with van der Waals surface area (Å²) in [5.41, 5.74) is 1.15. The Kier molecular flexibility index (Phi) is 4.34. The van der Waals surface area contributed by atoms with Crippen molar-refractivity contribution in [2.24, 2.45) is 0 Å². The van der Waals surface area contributed by atoms with Crippen LogP contribution in [0.15, 0.2) is 18.2 Å². The van der Waals surface area contributed by atoms with Gasteiger partial charge >= 0.3 is 5.97 Å². The van der Waals surface area contributed by atoms with Crippen LogP contribution in [0.1, 0.15) is 35.1 Å². The zero-order valence-corrected chi connectivity index (χ0v) is 11.6. The first-order chi connectivity index (χ1) is 9.52. The lowest BCUT2D eigenvalue weighted by atomic mass is 10.2. The van der Waals surface area contributed by atoms with Crippen LogP contribution in [0.5, 0.6) is 0 Å². The Morgan fingerprint density at radius 1 is 1.50 bits per heavy atom. The van der Waals surface area contributed by atoms with Gasteiger partial charge in [-0.2, -0.15) is 0 Å². The summed E-state index contributed by atoms with van der Waals surface area (Å²) < 4.78 is 14.5. The Balaban J connectivity index is 2.35. The van der Waals surface area contributed by atoms with Gasteiger partial charge in [-0.25, -0.2) is 13.9 Å². The average Bonchev–Trinajstić information content (AvgIpc) is 2.77. The van der Waals surface area contributed by atoms with Crippen LogP contribution in [0.3, 0.4) is 0 Å². The molecule has 1 aromatic heterocycles. The van der Waals surface area contributed by atoms with E-state index in [0.29, 0.717) is 17.7 Å². The lowest BCUT2D eigenvalue weighted by Gasteiger charge is -2.08. The zero-order valence-electron chi connectivity index (χ0n) is 10.8. The molecule has 106 valence electrons. The fourth-order valence-electron chi connectivity index (χ4n) is 1.92. The molecule has 0 unspecified atom stereocenters. The number of rotatable bonds is 5. The van der Waals surface area contributed by atoms with Crippen LogP contribution in [0.25, 0.3) is 0 Å². The van der Waals surface area contributed by atoms with Crippen molar-refractivity contribution in [2.75, 3.05) is 0 Å². The topological polar surface area (TPSA) is 68.0 Å². The van der Waals surface area contributed by atoms with Crippen molar-refractivity contribution in [3.63, 3.8) is 0 Å². The predicted molar refractivity (Wildman–Crippen MR) is 71.5 cm³/mol. The van der Waals surface area contributed by atoms with Gasteiger partial charge in [0.15, 0.2) is 5.69 Å². The van der Waals surface area contributed by atoms with Crippen molar-refractivity contribution >= 4 is 17.6 Å². The number of benzene rings is 1. The minimum absolute atomic E-state index is 0.0508. The minimum Gasteiger partial charge on any atom is -0.476 e. The molecule has 0 atom stereocenters. The van der Waals surface area contributed by atoms with Crippen molar-refractivity contribution in [2.45, 2.75) is 26.3 Å². The van der Waals surface area contributed by atoms with E-state index in [2.05, 4.69) is 10.3 Å². The molecule has 0 amide bonds. The zero-order chi connectivity index (χ0) is 14.7. The average molecular weight is 298 g/mol. The van der Waals surface area contributed by atoms with Crippen molar-refractivity contribution < 1.29 is 14.3 Å². The van der Waals surface area contributed by atoms with Gasteiger partial charge in [0.2, 0.25) is 0 Å². The number of aromatic nitrogens is 3. The summed E-state index contributed by atoms with van der Waals surface area (Å²) >= 11 is 5.96. The summed E-state index contributed by atoms with van der Waals surface area (Å²) in [6, 6.07) is 4.07. The van der Waals surface area contributed by atoms with Gasteiger partial charge in [0.25, 0.3) is 0 Å². The lowest BCUT2D eigenvalue weighted by Crippen LogP contribution is -2.09. The summed E-state index contributed by atoms with van der Waals surface area (Å²) in [6.45, 7) is 2.20. The molecule has 0 bridgehead atoms. The molecule has 0 aliphatic heterocycles. The molecule has 2 aromatic rings. The molecule has 20 heavy (non-hydrogen) atoms. The molecule has 0 aliphatic rings. The van der Waals surface area contributed by atoms with E-state index < -0.39 is 11.8 Å². The number of nitrogens with zero attached hydrogens (tertiary/aromatic N) is 3. The van der Waals surface area contributed by atoms with Gasteiger partial charge in [-0.15, -0.1) is 5.10 Å².